The molecule has 2 fully saturated rings. The first kappa shape index (κ1) is 18.7. The van der Waals surface area contributed by atoms with Crippen molar-refractivity contribution in [1.29, 1.82) is 0 Å². The van der Waals surface area contributed by atoms with E-state index in [0.29, 0.717) is 25.8 Å². The maximum absolute atomic E-state index is 12.5. The minimum atomic E-state index is -0.800. The van der Waals surface area contributed by atoms with Crippen molar-refractivity contribution in [3.63, 3.8) is 0 Å². The van der Waals surface area contributed by atoms with Crippen LogP contribution in [0, 0.1) is 0 Å². The average Bonchev–Trinajstić information content (AvgIpc) is 2.96. The zero-order valence-corrected chi connectivity index (χ0v) is 13.9. The van der Waals surface area contributed by atoms with Crippen LogP contribution in [0.2, 0.25) is 0 Å². The highest BCUT2D eigenvalue weighted by atomic mass is 35.5. The van der Waals surface area contributed by atoms with Gasteiger partial charge in [0, 0.05) is 12.6 Å². The molecule has 2 rings (SSSR count). The minimum absolute atomic E-state index is 0. The van der Waals surface area contributed by atoms with Gasteiger partial charge in [0.2, 0.25) is 5.91 Å². The van der Waals surface area contributed by atoms with E-state index >= 15 is 0 Å². The molecular formula is C14H25ClN4O3. The smallest absolute Gasteiger partial charge is 0.325 e. The Kier molecular flexibility index (Phi) is 6.19. The van der Waals surface area contributed by atoms with Gasteiger partial charge in [-0.25, -0.2) is 9.69 Å². The number of carbonyl (C=O) groups is 3. The monoisotopic (exact) mass is 332 g/mol. The summed E-state index contributed by atoms with van der Waals surface area (Å²) in [6.45, 7) is 3.87. The number of halogens is 1. The van der Waals surface area contributed by atoms with Crippen LogP contribution >= 0.6 is 12.4 Å². The Morgan fingerprint density at radius 1 is 1.36 bits per heavy atom. The highest BCUT2D eigenvalue weighted by molar-refractivity contribution is 6.09. The van der Waals surface area contributed by atoms with Crippen LogP contribution in [0.4, 0.5) is 4.79 Å². The van der Waals surface area contributed by atoms with E-state index in [1.807, 2.05) is 6.92 Å². The lowest BCUT2D eigenvalue weighted by molar-refractivity contribution is -0.137. The molecule has 1 spiro atoms. The Morgan fingerprint density at radius 3 is 2.50 bits per heavy atom. The molecule has 0 bridgehead atoms. The number of hydrogen-bond acceptors (Lipinski definition) is 4. The summed E-state index contributed by atoms with van der Waals surface area (Å²) in [6, 6.07) is -1.26. The number of nitrogens with one attached hydrogen (secondary N) is 2. The number of hydrogen-bond donors (Lipinski definition) is 3. The number of nitrogens with zero attached hydrogens (tertiary/aromatic N) is 1. The Morgan fingerprint density at radius 2 is 1.95 bits per heavy atom. The van der Waals surface area contributed by atoms with Gasteiger partial charge >= 0.3 is 6.03 Å². The lowest BCUT2D eigenvalue weighted by Crippen LogP contribution is -2.50. The first-order valence-electron chi connectivity index (χ1n) is 7.56. The fraction of sp³-hybridized carbons (Fsp3) is 0.786. The predicted octanol–water partition coefficient (Wildman–Crippen LogP) is 0.515. The summed E-state index contributed by atoms with van der Waals surface area (Å²) in [4.78, 5) is 37.7. The zero-order chi connectivity index (χ0) is 15.6. The second kappa shape index (κ2) is 7.28. The maximum Gasteiger partial charge on any atom is 0.325 e. The molecule has 8 heteroatoms. The Labute approximate surface area is 136 Å². The molecule has 2 atom stereocenters. The summed E-state index contributed by atoms with van der Waals surface area (Å²) in [5.41, 5.74) is 4.85. The number of carbonyl (C=O) groups excluding carboxylic acids is 3. The highest BCUT2D eigenvalue weighted by Crippen LogP contribution is 2.35. The van der Waals surface area contributed by atoms with Crippen LogP contribution in [0.25, 0.3) is 0 Å². The van der Waals surface area contributed by atoms with Crippen LogP contribution in [0.1, 0.15) is 46.0 Å². The normalized spacial score (nSPS) is 22.2. The van der Waals surface area contributed by atoms with Crippen molar-refractivity contribution in [3.8, 4) is 0 Å². The Hall–Kier alpha value is -1.34. The van der Waals surface area contributed by atoms with E-state index in [2.05, 4.69) is 10.6 Å². The van der Waals surface area contributed by atoms with Gasteiger partial charge in [-0.1, -0.05) is 12.8 Å². The second-order valence-corrected chi connectivity index (χ2v) is 6.13. The van der Waals surface area contributed by atoms with Crippen LogP contribution < -0.4 is 16.4 Å². The van der Waals surface area contributed by atoms with Gasteiger partial charge in [0.15, 0.2) is 0 Å². The molecule has 4 N–H and O–H groups in total. The molecular weight excluding hydrogens is 308 g/mol. The third kappa shape index (κ3) is 3.52. The molecule has 22 heavy (non-hydrogen) atoms. The van der Waals surface area contributed by atoms with E-state index in [9.17, 15) is 14.4 Å². The van der Waals surface area contributed by atoms with E-state index in [1.54, 1.807) is 6.92 Å². The first-order valence-corrected chi connectivity index (χ1v) is 7.56. The van der Waals surface area contributed by atoms with Gasteiger partial charge in [0.05, 0.1) is 0 Å². The molecule has 1 heterocycles. The first-order chi connectivity index (χ1) is 9.87. The SMILES string of the molecule is CC(N)CCNC(=O)C(C)N1C(=O)NC2(CCCC2)C1=O.Cl. The van der Waals surface area contributed by atoms with Gasteiger partial charge in [-0.2, -0.15) is 0 Å². The second-order valence-electron chi connectivity index (χ2n) is 6.13. The molecule has 2 aliphatic rings. The quantitative estimate of drug-likeness (QED) is 0.638. The topological polar surface area (TPSA) is 105 Å². The van der Waals surface area contributed by atoms with Crippen molar-refractivity contribution >= 4 is 30.3 Å². The standard InChI is InChI=1S/C14H24N4O3.ClH/c1-9(15)5-8-16-11(19)10(2)18-12(20)14(17-13(18)21)6-3-4-7-14;/h9-10H,3-8,15H2,1-2H3,(H,16,19)(H,17,21);1H. The van der Waals surface area contributed by atoms with Crippen LogP contribution in [0.3, 0.4) is 0 Å². The number of rotatable bonds is 5. The number of urea groups is 1. The molecule has 1 aliphatic heterocycles. The maximum atomic E-state index is 12.5. The van der Waals surface area contributed by atoms with Crippen LogP contribution in [-0.4, -0.2) is 46.9 Å². The average molecular weight is 333 g/mol. The van der Waals surface area contributed by atoms with Crippen molar-refractivity contribution in [3.05, 3.63) is 0 Å². The third-order valence-electron chi connectivity index (χ3n) is 4.32. The predicted molar refractivity (Wildman–Crippen MR) is 84.6 cm³/mol. The molecule has 1 saturated carbocycles. The van der Waals surface area contributed by atoms with Gasteiger partial charge in [-0.05, 0) is 33.1 Å². The Bertz CT molecular complexity index is 449. The lowest BCUT2D eigenvalue weighted by Gasteiger charge is -2.23. The summed E-state index contributed by atoms with van der Waals surface area (Å²) in [5, 5.41) is 5.49. The number of amides is 4. The number of nitrogens with two attached hydrogens (primary N) is 1. The van der Waals surface area contributed by atoms with Crippen LogP contribution in [-0.2, 0) is 9.59 Å². The molecule has 2 unspecified atom stereocenters. The Balaban J connectivity index is 0.00000242. The van der Waals surface area contributed by atoms with Gasteiger partial charge < -0.3 is 16.4 Å². The molecule has 0 radical (unpaired) electrons. The van der Waals surface area contributed by atoms with E-state index in [0.717, 1.165) is 17.7 Å². The van der Waals surface area contributed by atoms with Gasteiger partial charge in [-0.3, -0.25) is 9.59 Å². The number of imide groups is 1. The minimum Gasteiger partial charge on any atom is -0.354 e. The van der Waals surface area contributed by atoms with Gasteiger partial charge in [0.25, 0.3) is 5.91 Å². The molecule has 0 aromatic rings. The van der Waals surface area contributed by atoms with Crippen molar-refractivity contribution in [2.24, 2.45) is 5.73 Å². The molecule has 1 aliphatic carbocycles. The fourth-order valence-electron chi connectivity index (χ4n) is 3.00. The van der Waals surface area contributed by atoms with E-state index in [4.69, 9.17) is 5.73 Å². The van der Waals surface area contributed by atoms with Crippen molar-refractivity contribution in [1.82, 2.24) is 15.5 Å². The van der Waals surface area contributed by atoms with Crippen molar-refractivity contribution < 1.29 is 14.4 Å². The van der Waals surface area contributed by atoms with Gasteiger partial charge in [0.1, 0.15) is 11.6 Å². The lowest BCUT2D eigenvalue weighted by atomic mass is 9.97. The van der Waals surface area contributed by atoms with Crippen LogP contribution in [0.5, 0.6) is 0 Å². The molecule has 0 aromatic heterocycles. The summed E-state index contributed by atoms with van der Waals surface area (Å²) in [6.07, 6.45) is 3.83. The summed E-state index contributed by atoms with van der Waals surface area (Å²) >= 11 is 0. The highest BCUT2D eigenvalue weighted by Gasteiger charge is 2.54. The van der Waals surface area contributed by atoms with E-state index in [-0.39, 0.29) is 30.3 Å². The van der Waals surface area contributed by atoms with Gasteiger partial charge in [-0.15, -0.1) is 12.4 Å². The third-order valence-corrected chi connectivity index (χ3v) is 4.32. The van der Waals surface area contributed by atoms with Crippen molar-refractivity contribution in [2.45, 2.75) is 63.6 Å². The fourth-order valence-corrected chi connectivity index (χ4v) is 3.00. The van der Waals surface area contributed by atoms with Crippen molar-refractivity contribution in [2.75, 3.05) is 6.54 Å². The largest absolute Gasteiger partial charge is 0.354 e. The molecule has 7 nitrogen and oxygen atoms in total. The van der Waals surface area contributed by atoms with E-state index < -0.39 is 17.6 Å². The molecule has 126 valence electrons. The zero-order valence-electron chi connectivity index (χ0n) is 13.1. The molecule has 0 aromatic carbocycles. The van der Waals surface area contributed by atoms with E-state index in [1.165, 1.54) is 0 Å². The summed E-state index contributed by atoms with van der Waals surface area (Å²) in [5.74, 6) is -0.589. The van der Waals surface area contributed by atoms with Crippen LogP contribution in [0.15, 0.2) is 0 Å². The summed E-state index contributed by atoms with van der Waals surface area (Å²) < 4.78 is 0. The summed E-state index contributed by atoms with van der Waals surface area (Å²) in [7, 11) is 0. The molecule has 1 saturated heterocycles. The molecule has 4 amide bonds.